The lowest BCUT2D eigenvalue weighted by Crippen LogP contribution is -2.37. The Labute approximate surface area is 177 Å². The molecule has 0 spiro atoms. The van der Waals surface area contributed by atoms with E-state index in [0.717, 1.165) is 12.5 Å². The molecule has 3 heteroatoms. The molecule has 0 radical (unpaired) electrons. The molecule has 1 aliphatic rings. The molecule has 0 fully saturated rings. The Morgan fingerprint density at radius 3 is 2.55 bits per heavy atom. The highest BCUT2D eigenvalue weighted by Crippen LogP contribution is 2.46. The first-order valence-corrected chi connectivity index (χ1v) is 11.5. The van der Waals surface area contributed by atoms with Crippen molar-refractivity contribution in [2.24, 2.45) is 23.2 Å². The molecule has 2 aromatic rings. The van der Waals surface area contributed by atoms with Crippen molar-refractivity contribution in [2.75, 3.05) is 0 Å². The Bertz CT molecular complexity index is 775. The molecule has 0 amide bonds. The highest BCUT2D eigenvalue weighted by atomic mass is 15.3. The van der Waals surface area contributed by atoms with E-state index in [2.05, 4.69) is 79.7 Å². The van der Waals surface area contributed by atoms with Crippen LogP contribution in [0, 0.1) is 30.1 Å². The lowest BCUT2D eigenvalue weighted by atomic mass is 9.63. The summed E-state index contributed by atoms with van der Waals surface area (Å²) in [5.74, 6) is 2.08. The van der Waals surface area contributed by atoms with Crippen molar-refractivity contribution in [1.82, 2.24) is 14.8 Å². The van der Waals surface area contributed by atoms with Crippen LogP contribution in [0.3, 0.4) is 0 Å². The van der Waals surface area contributed by atoms with E-state index < -0.39 is 0 Å². The van der Waals surface area contributed by atoms with E-state index in [0.29, 0.717) is 11.8 Å². The first-order chi connectivity index (χ1) is 13.9. The maximum absolute atomic E-state index is 4.46. The van der Waals surface area contributed by atoms with Gasteiger partial charge in [0, 0.05) is 6.54 Å². The minimum atomic E-state index is 0.211. The average Bonchev–Trinajstić information content (AvgIpc) is 3.19. The van der Waals surface area contributed by atoms with Crippen LogP contribution in [-0.4, -0.2) is 14.8 Å². The molecule has 1 aromatic heterocycles. The van der Waals surface area contributed by atoms with Crippen molar-refractivity contribution in [2.45, 2.75) is 79.7 Å². The van der Waals surface area contributed by atoms with Crippen LogP contribution >= 0.6 is 0 Å². The lowest BCUT2D eigenvalue weighted by molar-refractivity contribution is 0.108. The van der Waals surface area contributed by atoms with Crippen LogP contribution in [0.4, 0.5) is 0 Å². The number of hydrogen-bond donors (Lipinski definition) is 0. The summed E-state index contributed by atoms with van der Waals surface area (Å²) in [7, 11) is 0. The van der Waals surface area contributed by atoms with Gasteiger partial charge in [-0.1, -0.05) is 68.7 Å². The quantitative estimate of drug-likeness (QED) is 0.447. The minimum Gasteiger partial charge on any atom is -0.252 e. The Morgan fingerprint density at radius 1 is 1.17 bits per heavy atom. The number of hydrogen-bond acceptors (Lipinski definition) is 2. The molecule has 0 saturated heterocycles. The standard InChI is InChI=1S/C26H39N3/c1-6-23(12-13-24-10-7-20(2)8-11-24)16-26(5,17-29-19-27-18-28-29)25-14-9-21(3)15-22(25)4/h7-8,10-11,15,18-19,21,23,25H,6,9,12-14,16-17H2,1-5H3/t21?,23-,25?,26?/m0/s1. The second-order valence-corrected chi connectivity index (χ2v) is 9.77. The van der Waals surface area contributed by atoms with Gasteiger partial charge in [0.15, 0.2) is 0 Å². The Morgan fingerprint density at radius 2 is 1.93 bits per heavy atom. The van der Waals surface area contributed by atoms with Gasteiger partial charge in [0.05, 0.1) is 0 Å². The second-order valence-electron chi connectivity index (χ2n) is 9.77. The summed E-state index contributed by atoms with van der Waals surface area (Å²) >= 11 is 0. The van der Waals surface area contributed by atoms with Crippen LogP contribution in [-0.2, 0) is 13.0 Å². The van der Waals surface area contributed by atoms with Gasteiger partial charge in [-0.25, -0.2) is 4.98 Å². The number of allylic oxidation sites excluding steroid dienone is 2. The second kappa shape index (κ2) is 9.73. The van der Waals surface area contributed by atoms with Gasteiger partial charge < -0.3 is 0 Å². The van der Waals surface area contributed by atoms with E-state index in [1.165, 1.54) is 49.7 Å². The van der Waals surface area contributed by atoms with Gasteiger partial charge >= 0.3 is 0 Å². The van der Waals surface area contributed by atoms with E-state index in [1.54, 1.807) is 11.9 Å². The molecule has 1 aliphatic carbocycles. The van der Waals surface area contributed by atoms with Crippen LogP contribution < -0.4 is 0 Å². The number of aromatic nitrogens is 3. The van der Waals surface area contributed by atoms with Crippen LogP contribution in [0.2, 0.25) is 0 Å². The first-order valence-electron chi connectivity index (χ1n) is 11.5. The van der Waals surface area contributed by atoms with Gasteiger partial charge in [0.25, 0.3) is 0 Å². The highest BCUT2D eigenvalue weighted by molar-refractivity contribution is 5.21. The third-order valence-electron chi connectivity index (χ3n) is 7.13. The summed E-state index contributed by atoms with van der Waals surface area (Å²) < 4.78 is 2.05. The number of benzene rings is 1. The highest BCUT2D eigenvalue weighted by Gasteiger charge is 2.38. The van der Waals surface area contributed by atoms with Gasteiger partial charge in [-0.15, -0.1) is 0 Å². The Hall–Kier alpha value is -1.90. The largest absolute Gasteiger partial charge is 0.252 e. The van der Waals surface area contributed by atoms with Gasteiger partial charge in [-0.3, -0.25) is 4.68 Å². The minimum absolute atomic E-state index is 0.211. The molecule has 158 valence electrons. The zero-order valence-electron chi connectivity index (χ0n) is 19.1. The molecular formula is C26H39N3. The van der Waals surface area contributed by atoms with Crippen molar-refractivity contribution >= 4 is 0 Å². The SMILES string of the molecule is CC[C@@H](CCc1ccc(C)cc1)CC(C)(Cn1cncn1)C1CCC(C)C=C1C. The zero-order chi connectivity index (χ0) is 20.9. The molecule has 3 rings (SSSR count). The summed E-state index contributed by atoms with van der Waals surface area (Å²) in [5.41, 5.74) is 4.60. The van der Waals surface area contributed by atoms with Gasteiger partial charge in [0.1, 0.15) is 12.7 Å². The predicted molar refractivity (Wildman–Crippen MR) is 122 cm³/mol. The van der Waals surface area contributed by atoms with E-state index in [9.17, 15) is 0 Å². The molecule has 3 unspecified atom stereocenters. The lowest BCUT2D eigenvalue weighted by Gasteiger charge is -2.43. The molecule has 1 heterocycles. The molecule has 0 N–H and O–H groups in total. The number of nitrogens with zero attached hydrogens (tertiary/aromatic N) is 3. The van der Waals surface area contributed by atoms with Crippen molar-refractivity contribution in [3.63, 3.8) is 0 Å². The third kappa shape index (κ3) is 5.81. The van der Waals surface area contributed by atoms with Crippen molar-refractivity contribution in [1.29, 1.82) is 0 Å². The molecule has 4 atom stereocenters. The third-order valence-corrected chi connectivity index (χ3v) is 7.13. The van der Waals surface area contributed by atoms with Crippen molar-refractivity contribution in [3.05, 3.63) is 59.7 Å². The van der Waals surface area contributed by atoms with E-state index >= 15 is 0 Å². The van der Waals surface area contributed by atoms with E-state index in [1.807, 2.05) is 6.33 Å². The summed E-state index contributed by atoms with van der Waals surface area (Å²) in [6, 6.07) is 9.07. The van der Waals surface area contributed by atoms with Crippen molar-refractivity contribution in [3.8, 4) is 0 Å². The van der Waals surface area contributed by atoms with E-state index in [-0.39, 0.29) is 5.41 Å². The molecule has 0 aliphatic heterocycles. The number of aryl methyl sites for hydroxylation is 2. The molecule has 29 heavy (non-hydrogen) atoms. The van der Waals surface area contributed by atoms with Crippen LogP contribution in [0.15, 0.2) is 48.6 Å². The Kier molecular flexibility index (Phi) is 7.32. The molecule has 0 saturated carbocycles. The fourth-order valence-corrected chi connectivity index (χ4v) is 5.44. The van der Waals surface area contributed by atoms with E-state index in [4.69, 9.17) is 0 Å². The van der Waals surface area contributed by atoms with Crippen molar-refractivity contribution < 1.29 is 0 Å². The zero-order valence-corrected chi connectivity index (χ0v) is 19.1. The number of rotatable bonds is 9. The molecule has 3 nitrogen and oxygen atoms in total. The van der Waals surface area contributed by atoms with Crippen LogP contribution in [0.1, 0.15) is 70.9 Å². The van der Waals surface area contributed by atoms with Crippen LogP contribution in [0.25, 0.3) is 0 Å². The maximum Gasteiger partial charge on any atom is 0.137 e. The fourth-order valence-electron chi connectivity index (χ4n) is 5.44. The van der Waals surface area contributed by atoms with Gasteiger partial charge in [-0.05, 0) is 74.7 Å². The summed E-state index contributed by atoms with van der Waals surface area (Å²) in [4.78, 5) is 4.20. The molecule has 1 aromatic carbocycles. The summed E-state index contributed by atoms with van der Waals surface area (Å²) in [6.45, 7) is 12.7. The molecule has 0 bridgehead atoms. The molecular weight excluding hydrogens is 354 g/mol. The predicted octanol–water partition coefficient (Wildman–Crippen LogP) is 6.63. The smallest absolute Gasteiger partial charge is 0.137 e. The average molecular weight is 394 g/mol. The fraction of sp³-hybridized carbons (Fsp3) is 0.615. The van der Waals surface area contributed by atoms with Gasteiger partial charge in [0.2, 0.25) is 0 Å². The van der Waals surface area contributed by atoms with Crippen LogP contribution in [0.5, 0.6) is 0 Å². The summed E-state index contributed by atoms with van der Waals surface area (Å²) in [6.07, 6.45) is 13.6. The topological polar surface area (TPSA) is 30.7 Å². The normalized spacial score (nSPS) is 22.7. The summed E-state index contributed by atoms with van der Waals surface area (Å²) in [5, 5.41) is 4.46. The maximum atomic E-state index is 4.46. The monoisotopic (exact) mass is 393 g/mol. The Balaban J connectivity index is 1.75. The van der Waals surface area contributed by atoms with Gasteiger partial charge in [-0.2, -0.15) is 5.10 Å². The first kappa shape index (κ1) is 21.8.